The van der Waals surface area contributed by atoms with Gasteiger partial charge in [-0.15, -0.1) is 0 Å². The first-order chi connectivity index (χ1) is 58.0. The molecule has 2 heterocycles. The summed E-state index contributed by atoms with van der Waals surface area (Å²) in [4.78, 5) is 203. The molecule has 0 aliphatic carbocycles. The molecule has 13 atom stereocenters. The van der Waals surface area contributed by atoms with Crippen LogP contribution in [0.1, 0.15) is 173 Å². The average Bonchev–Trinajstić information content (AvgIpc) is 0.865. The van der Waals surface area contributed by atoms with Crippen molar-refractivity contribution >= 4 is 94.7 Å². The molecular formula is C83H133N25O14. The second kappa shape index (κ2) is 52.4. The number of aromatic hydroxyl groups is 1. The number of phenols is 1. The van der Waals surface area contributed by atoms with Crippen molar-refractivity contribution in [1.82, 2.24) is 63.0 Å². The van der Waals surface area contributed by atoms with Crippen LogP contribution in [0.5, 0.6) is 5.75 Å². The Hall–Kier alpha value is -11.7. The first kappa shape index (κ1) is 101. The van der Waals surface area contributed by atoms with Gasteiger partial charge in [0.05, 0.1) is 12.6 Å². The zero-order chi connectivity index (χ0) is 90.1. The molecular weight excluding hydrogens is 1570 g/mol. The van der Waals surface area contributed by atoms with Crippen LogP contribution >= 0.6 is 0 Å². The largest absolute Gasteiger partial charge is 0.508 e. The zero-order valence-corrected chi connectivity index (χ0v) is 71.2. The number of hydrogen-bond donors (Lipinski definition) is 21. The van der Waals surface area contributed by atoms with Gasteiger partial charge in [-0.3, -0.25) is 77.3 Å². The van der Waals surface area contributed by atoms with Crippen LogP contribution in [-0.4, -0.2) is 228 Å². The van der Waals surface area contributed by atoms with E-state index in [-0.39, 0.29) is 171 Å². The summed E-state index contributed by atoms with van der Waals surface area (Å²) in [7, 11) is 0. The maximum Gasteiger partial charge on any atom is 0.245 e. The summed E-state index contributed by atoms with van der Waals surface area (Å²) in [5, 5.41) is 37.4. The predicted octanol–water partition coefficient (Wildman–Crippen LogP) is -3.03. The maximum atomic E-state index is 15.1. The number of unbranched alkanes of at least 4 members (excludes halogenated alkanes) is 2. The first-order valence-electron chi connectivity index (χ1n) is 42.1. The van der Waals surface area contributed by atoms with E-state index in [1.165, 1.54) is 21.9 Å². The summed E-state index contributed by atoms with van der Waals surface area (Å²) in [6, 6.07) is 6.95. The minimum atomic E-state index is -1.49. The number of guanidine groups is 3. The van der Waals surface area contributed by atoms with Crippen molar-refractivity contribution in [2.45, 2.75) is 249 Å². The molecule has 39 heteroatoms. The standard InChI is InChI=1S/C83H133N25O14/c1-7-50(6)68(78(120)103-61(29-19-39-96-83(92)93)80(122)107-40-20-30-65(107)77(119)102-58(26-14-16-36-85)71(113)104-62(41-48(2)3)73(115)99-57(69(87)111)25-13-15-35-84)106-72(114)60(28-18-38-95-82(90)91)100-70(112)59(27-17-37-94-81(88)89)101-74(116)63(42-49(4)5)105-75(117)64(44-51-21-9-8-10-22-51)98-67(110)46-97-76(118)66-45-53-23-11-12-24-54(53)47-108(66)79(121)56(86)43-52-31-33-55(109)34-32-52/h8-12,21-24,31-34,48-50,56-66,68,109H,7,13-20,25-30,35-47,84-86H2,1-6H3,(H2,87,111)(H,97,118)(H,98,110)(H,99,115)(H,100,112)(H,101,116)(H,102,119)(H,103,120)(H,104,113)(H,105,117)(H,106,114)(H4,88,89,94)(H4,90,91,95)(H4,92,93,96)/t50-,56-,57-,58-,59-,60-,61-,62-,63-,64-,65-,66-,68-/m0/s1. The molecule has 13 amide bonds. The van der Waals surface area contributed by atoms with Crippen LogP contribution < -0.4 is 111 Å². The number of amides is 13. The number of benzene rings is 3. The van der Waals surface area contributed by atoms with Crippen molar-refractivity contribution in [1.29, 1.82) is 0 Å². The minimum Gasteiger partial charge on any atom is -0.508 e. The Morgan fingerprint density at radius 2 is 0.893 bits per heavy atom. The lowest BCUT2D eigenvalue weighted by molar-refractivity contribution is -0.143. The summed E-state index contributed by atoms with van der Waals surface area (Å²) >= 11 is 0. The number of primary amides is 1. The lowest BCUT2D eigenvalue weighted by atomic mass is 9.92. The number of hydrogen-bond acceptors (Lipinski definition) is 20. The Labute approximate surface area is 713 Å². The highest BCUT2D eigenvalue weighted by Gasteiger charge is 2.43. The highest BCUT2D eigenvalue weighted by Crippen LogP contribution is 2.27. The molecule has 674 valence electrons. The molecule has 122 heavy (non-hydrogen) atoms. The van der Waals surface area contributed by atoms with E-state index in [1.54, 1.807) is 70.2 Å². The van der Waals surface area contributed by atoms with Gasteiger partial charge in [-0.05, 0) is 174 Å². The minimum absolute atomic E-state index is 0.00817. The van der Waals surface area contributed by atoms with E-state index in [2.05, 4.69) is 68.1 Å². The molecule has 2 aliphatic heterocycles. The van der Waals surface area contributed by atoms with Gasteiger partial charge in [0.25, 0.3) is 0 Å². The van der Waals surface area contributed by atoms with Crippen LogP contribution in [-0.2, 0) is 88.1 Å². The Bertz CT molecular complexity index is 4030. The number of rotatable bonds is 53. The topological polar surface area (TPSA) is 666 Å². The summed E-state index contributed by atoms with van der Waals surface area (Å²) in [6.07, 6.45) is 3.13. The van der Waals surface area contributed by atoms with E-state index in [4.69, 9.17) is 57.3 Å². The molecule has 3 aromatic rings. The van der Waals surface area contributed by atoms with Gasteiger partial charge in [0.15, 0.2) is 17.9 Å². The second-order valence-corrected chi connectivity index (χ2v) is 32.0. The Kier molecular flexibility index (Phi) is 43.3. The fraction of sp³-hybridized carbons (Fsp3) is 0.590. The molecule has 5 rings (SSSR count). The average molecular weight is 1710 g/mol. The molecule has 1 saturated heterocycles. The third-order valence-corrected chi connectivity index (χ3v) is 21.1. The van der Waals surface area contributed by atoms with Gasteiger partial charge in [0.1, 0.15) is 72.2 Å². The monoisotopic (exact) mass is 1700 g/mol. The molecule has 1 fully saturated rings. The fourth-order valence-electron chi connectivity index (χ4n) is 14.4. The van der Waals surface area contributed by atoms with Gasteiger partial charge in [-0.25, -0.2) is 0 Å². The van der Waals surface area contributed by atoms with Crippen molar-refractivity contribution < 1.29 is 67.4 Å². The molecule has 3 aromatic carbocycles. The van der Waals surface area contributed by atoms with E-state index < -0.39 is 162 Å². The van der Waals surface area contributed by atoms with Crippen molar-refractivity contribution in [2.24, 2.45) is 90.1 Å². The van der Waals surface area contributed by atoms with Gasteiger partial charge in [-0.2, -0.15) is 0 Å². The summed E-state index contributed by atoms with van der Waals surface area (Å²) < 4.78 is 0. The van der Waals surface area contributed by atoms with Crippen molar-refractivity contribution in [2.75, 3.05) is 45.8 Å². The number of phenolic OH excluding ortho intramolecular Hbond substituents is 1. The van der Waals surface area contributed by atoms with Crippen molar-refractivity contribution in [3.8, 4) is 5.75 Å². The number of likely N-dealkylation sites (tertiary alicyclic amines) is 1. The summed E-state index contributed by atoms with van der Waals surface area (Å²) in [6.45, 7) is 10.7. The number of nitrogens with zero attached hydrogens (tertiary/aromatic N) is 5. The number of carbonyl (C=O) groups excluding carboxylic acids is 13. The SMILES string of the molecule is CC[C@H](C)[C@H](NC(=O)[C@H](CCCN=C(N)N)NC(=O)[C@H](CCCN=C(N)N)NC(=O)[C@H](CC(C)C)NC(=O)[C@H](Cc1ccccc1)NC(=O)CNC(=O)[C@@H]1Cc2ccccc2CN1C(=O)[C@@H](N)Cc1ccc(O)cc1)C(=O)N[C@@H](CCCN=C(N)N)C(=O)N1CCC[C@H]1C(=O)N[C@@H](CCCCN)C(=O)N[C@@H](CC(C)C)C(=O)N[C@@H](CCCCN)C(N)=O. The summed E-state index contributed by atoms with van der Waals surface area (Å²) in [5.41, 5.74) is 60.7. The van der Waals surface area contributed by atoms with Gasteiger partial charge in [0, 0.05) is 45.6 Å². The van der Waals surface area contributed by atoms with Crippen LogP contribution in [0.3, 0.4) is 0 Å². The normalized spacial score (nSPS) is 16.3. The van der Waals surface area contributed by atoms with Crippen molar-refractivity contribution in [3.05, 3.63) is 101 Å². The smallest absolute Gasteiger partial charge is 0.245 e. The van der Waals surface area contributed by atoms with E-state index in [0.717, 1.165) is 11.1 Å². The molecule has 0 bridgehead atoms. The van der Waals surface area contributed by atoms with Crippen molar-refractivity contribution in [3.63, 3.8) is 0 Å². The van der Waals surface area contributed by atoms with Crippen LogP contribution in [0.25, 0.3) is 0 Å². The van der Waals surface area contributed by atoms with Gasteiger partial charge in [0.2, 0.25) is 76.8 Å². The van der Waals surface area contributed by atoms with Crippen LogP contribution in [0.4, 0.5) is 0 Å². The molecule has 0 spiro atoms. The van der Waals surface area contributed by atoms with E-state index in [1.807, 2.05) is 38.1 Å². The number of carbonyl (C=O) groups is 13. The molecule has 0 aromatic heterocycles. The second-order valence-electron chi connectivity index (χ2n) is 32.0. The highest BCUT2D eigenvalue weighted by atomic mass is 16.3. The third-order valence-electron chi connectivity index (χ3n) is 21.1. The first-order valence-corrected chi connectivity index (χ1v) is 42.1. The Balaban J connectivity index is 1.40. The van der Waals surface area contributed by atoms with E-state index in [0.29, 0.717) is 49.8 Å². The van der Waals surface area contributed by atoms with E-state index in [9.17, 15) is 48.3 Å². The van der Waals surface area contributed by atoms with Crippen LogP contribution in [0, 0.1) is 17.8 Å². The van der Waals surface area contributed by atoms with Crippen LogP contribution in [0.2, 0.25) is 0 Å². The lowest BCUT2D eigenvalue weighted by Gasteiger charge is -2.37. The van der Waals surface area contributed by atoms with Gasteiger partial charge < -0.3 is 125 Å². The Morgan fingerprint density at radius 3 is 1.40 bits per heavy atom. The van der Waals surface area contributed by atoms with Crippen LogP contribution in [0.15, 0.2) is 93.8 Å². The fourth-order valence-corrected chi connectivity index (χ4v) is 14.4. The van der Waals surface area contributed by atoms with E-state index >= 15 is 19.2 Å². The molecule has 0 radical (unpaired) electrons. The van der Waals surface area contributed by atoms with Gasteiger partial charge in [-0.1, -0.05) is 115 Å². The lowest BCUT2D eigenvalue weighted by Crippen LogP contribution is -2.61. The van der Waals surface area contributed by atoms with Gasteiger partial charge >= 0.3 is 0 Å². The number of nitrogens with one attached hydrogen (secondary N) is 10. The number of fused-ring (bicyclic) bond motifs is 1. The summed E-state index contributed by atoms with van der Waals surface area (Å²) in [5.74, 6) is -11.6. The molecule has 2 aliphatic rings. The third kappa shape index (κ3) is 34.8. The highest BCUT2D eigenvalue weighted by molar-refractivity contribution is 6.00. The number of nitrogens with two attached hydrogens (primary N) is 10. The molecule has 31 N–H and O–H groups in total. The molecule has 39 nitrogen and oxygen atoms in total. The number of aliphatic imine (C=N–C) groups is 3. The molecule has 0 saturated carbocycles. The zero-order valence-electron chi connectivity index (χ0n) is 71.2. The Morgan fingerprint density at radius 1 is 0.451 bits per heavy atom. The maximum absolute atomic E-state index is 15.1. The molecule has 0 unspecified atom stereocenters. The quantitative estimate of drug-likeness (QED) is 0.0152. The predicted molar refractivity (Wildman–Crippen MR) is 463 cm³/mol.